The predicted molar refractivity (Wildman–Crippen MR) is 170 cm³/mol. The number of fused-ring (bicyclic) bond motifs is 2. The molecule has 204 valence electrons. The van der Waals surface area contributed by atoms with Gasteiger partial charge in [-0.3, -0.25) is 14.1 Å². The van der Waals surface area contributed by atoms with Crippen molar-refractivity contribution in [1.82, 2.24) is 19.1 Å². The Bertz CT molecular complexity index is 1870. The molecule has 0 fully saturated rings. The van der Waals surface area contributed by atoms with Crippen LogP contribution in [0.4, 0.5) is 0 Å². The predicted octanol–water partition coefficient (Wildman–Crippen LogP) is 7.68. The number of imidazole rings is 1. The van der Waals surface area contributed by atoms with E-state index in [2.05, 4.69) is 107 Å². The van der Waals surface area contributed by atoms with Gasteiger partial charge in [0.15, 0.2) is 0 Å². The van der Waals surface area contributed by atoms with Gasteiger partial charge in [-0.1, -0.05) is 71.8 Å². The van der Waals surface area contributed by atoms with E-state index in [9.17, 15) is 4.79 Å². The Morgan fingerprint density at radius 1 is 0.900 bits per heavy atom. The Labute approximate surface area is 237 Å². The highest BCUT2D eigenvalue weighted by molar-refractivity contribution is 6.87. The summed E-state index contributed by atoms with van der Waals surface area (Å²) in [6.45, 7) is 15.8. The van der Waals surface area contributed by atoms with Crippen LogP contribution in [0.3, 0.4) is 0 Å². The van der Waals surface area contributed by atoms with Gasteiger partial charge in [0.05, 0.1) is 16.7 Å². The molecule has 0 unspecified atom stereocenters. The van der Waals surface area contributed by atoms with Gasteiger partial charge in [-0.15, -0.1) is 5.54 Å². The van der Waals surface area contributed by atoms with E-state index in [-0.39, 0.29) is 16.6 Å². The molecule has 0 bridgehead atoms. The maximum atomic E-state index is 12.7. The van der Waals surface area contributed by atoms with E-state index in [1.54, 1.807) is 9.13 Å². The van der Waals surface area contributed by atoms with Crippen molar-refractivity contribution < 1.29 is 0 Å². The highest BCUT2D eigenvalue weighted by Gasteiger charge is 2.33. The summed E-state index contributed by atoms with van der Waals surface area (Å²) in [5.74, 6) is 3.59. The normalized spacial score (nSPS) is 12.2. The van der Waals surface area contributed by atoms with Crippen LogP contribution in [0.5, 0.6) is 0 Å². The maximum absolute atomic E-state index is 12.7. The third kappa shape index (κ3) is 4.80. The summed E-state index contributed by atoms with van der Waals surface area (Å²) >= 11 is 0. The lowest BCUT2D eigenvalue weighted by molar-refractivity contribution is 0.731. The molecule has 3 aromatic heterocycles. The van der Waals surface area contributed by atoms with Crippen molar-refractivity contribution in [2.75, 3.05) is 0 Å². The first-order valence-corrected chi connectivity index (χ1v) is 16.9. The third-order valence-electron chi connectivity index (χ3n) is 8.53. The van der Waals surface area contributed by atoms with Gasteiger partial charge >= 0.3 is 5.69 Å². The van der Waals surface area contributed by atoms with E-state index in [4.69, 9.17) is 4.98 Å². The van der Waals surface area contributed by atoms with Crippen LogP contribution in [0.25, 0.3) is 44.2 Å². The number of hydrogen-bond acceptors (Lipinski definition) is 3. The number of nitrogens with zero attached hydrogens (tertiary/aromatic N) is 4. The van der Waals surface area contributed by atoms with Gasteiger partial charge in [0.1, 0.15) is 13.8 Å². The number of pyridine rings is 2. The van der Waals surface area contributed by atoms with Crippen LogP contribution < -0.4 is 5.69 Å². The quantitative estimate of drug-likeness (QED) is 0.172. The summed E-state index contributed by atoms with van der Waals surface area (Å²) in [5.41, 5.74) is 11.5. The molecule has 0 radical (unpaired) electrons. The van der Waals surface area contributed by atoms with E-state index >= 15 is 0 Å². The van der Waals surface area contributed by atoms with Crippen LogP contribution in [0.1, 0.15) is 51.8 Å². The third-order valence-corrected chi connectivity index (χ3v) is 13.0. The molecule has 0 aliphatic heterocycles. The largest absolute Gasteiger partial charge is 0.328 e. The second kappa shape index (κ2) is 9.90. The minimum Gasteiger partial charge on any atom is -0.295 e. The second-order valence-corrected chi connectivity index (χ2v) is 17.6. The molecule has 0 amide bonds. The highest BCUT2D eigenvalue weighted by Crippen LogP contribution is 2.36. The summed E-state index contributed by atoms with van der Waals surface area (Å²) in [6, 6.07) is 16.9. The van der Waals surface area contributed by atoms with Crippen molar-refractivity contribution in [3.8, 4) is 33.8 Å². The standard InChI is InChI=1S/C34H38N4OSi/c1-22(2)28-17-25(19-31-32(28)38(7)33(39)37(31)6)27-12-10-11-23-18-30(36-21-29(23)27)24-13-14-26(35-20-24)15-16-40(8,9)34(3,4)5/h10-14,17-22H,1-9H3. The van der Waals surface area contributed by atoms with E-state index in [1.807, 2.05) is 32.6 Å². The second-order valence-electron chi connectivity index (χ2n) is 12.6. The van der Waals surface area contributed by atoms with Gasteiger partial charge in [0, 0.05) is 37.4 Å². The smallest absolute Gasteiger partial charge is 0.295 e. The topological polar surface area (TPSA) is 52.7 Å². The monoisotopic (exact) mass is 546 g/mol. The summed E-state index contributed by atoms with van der Waals surface area (Å²) in [5, 5.41) is 2.40. The Kier molecular flexibility index (Phi) is 6.84. The average Bonchev–Trinajstić information content (AvgIpc) is 3.14. The molecule has 0 atom stereocenters. The summed E-state index contributed by atoms with van der Waals surface area (Å²) in [6.07, 6.45) is 3.82. The minimum atomic E-state index is -1.69. The molecular weight excluding hydrogens is 508 g/mol. The number of benzene rings is 2. The molecule has 5 nitrogen and oxygen atoms in total. The van der Waals surface area contributed by atoms with E-state index < -0.39 is 8.07 Å². The molecule has 0 spiro atoms. The molecular formula is C34H38N4OSi. The fourth-order valence-electron chi connectivity index (χ4n) is 4.89. The zero-order valence-electron chi connectivity index (χ0n) is 25.0. The molecule has 0 N–H and O–H groups in total. The number of aryl methyl sites for hydroxylation is 2. The molecule has 0 aliphatic rings. The molecule has 40 heavy (non-hydrogen) atoms. The maximum Gasteiger partial charge on any atom is 0.328 e. The van der Waals surface area contributed by atoms with Crippen molar-refractivity contribution in [3.05, 3.63) is 82.7 Å². The molecule has 0 saturated heterocycles. The zero-order chi connectivity index (χ0) is 29.0. The van der Waals surface area contributed by atoms with Gasteiger partial charge in [-0.2, -0.15) is 0 Å². The van der Waals surface area contributed by atoms with Crippen molar-refractivity contribution >= 4 is 29.9 Å². The fourth-order valence-corrected chi connectivity index (χ4v) is 5.71. The van der Waals surface area contributed by atoms with E-state index in [0.717, 1.165) is 55.4 Å². The minimum absolute atomic E-state index is 0.0103. The summed E-state index contributed by atoms with van der Waals surface area (Å²) in [4.78, 5) is 22.2. The molecule has 0 aliphatic carbocycles. The highest BCUT2D eigenvalue weighted by atomic mass is 28.3. The summed E-state index contributed by atoms with van der Waals surface area (Å²) < 4.78 is 3.49. The van der Waals surface area contributed by atoms with Crippen LogP contribution in [0.2, 0.25) is 18.1 Å². The van der Waals surface area contributed by atoms with Gasteiger partial charge < -0.3 is 0 Å². The lowest BCUT2D eigenvalue weighted by atomic mass is 9.93. The Morgan fingerprint density at radius 3 is 2.30 bits per heavy atom. The van der Waals surface area contributed by atoms with Crippen LogP contribution >= 0.6 is 0 Å². The van der Waals surface area contributed by atoms with Crippen LogP contribution in [0.15, 0.2) is 65.7 Å². The SMILES string of the molecule is CC(C)c1cc(-c2cccc3cc(-c4ccc(C#C[Si](C)(C)C(C)(C)C)nc4)ncc23)cc2c1n(C)c(=O)n2C. The van der Waals surface area contributed by atoms with Crippen LogP contribution in [-0.2, 0) is 14.1 Å². The van der Waals surface area contributed by atoms with Gasteiger partial charge in [0.2, 0.25) is 0 Å². The molecule has 0 saturated carbocycles. The van der Waals surface area contributed by atoms with E-state index in [0.29, 0.717) is 0 Å². The number of aromatic nitrogens is 4. The average molecular weight is 547 g/mol. The van der Waals surface area contributed by atoms with Gasteiger partial charge in [-0.25, -0.2) is 9.78 Å². The van der Waals surface area contributed by atoms with Crippen molar-refractivity contribution in [2.24, 2.45) is 14.1 Å². The Hall–Kier alpha value is -3.95. The molecule has 5 aromatic rings. The molecule has 2 aromatic carbocycles. The Morgan fingerprint density at radius 2 is 1.65 bits per heavy atom. The van der Waals surface area contributed by atoms with Gasteiger partial charge in [0.25, 0.3) is 0 Å². The molecule has 3 heterocycles. The first-order valence-electron chi connectivity index (χ1n) is 13.9. The Balaban J connectivity index is 1.54. The molecule has 6 heteroatoms. The summed E-state index contributed by atoms with van der Waals surface area (Å²) in [7, 11) is 2.00. The lowest BCUT2D eigenvalue weighted by Gasteiger charge is -2.31. The molecule has 5 rings (SSSR count). The van der Waals surface area contributed by atoms with Gasteiger partial charge in [-0.05, 0) is 63.4 Å². The van der Waals surface area contributed by atoms with E-state index in [1.165, 1.54) is 0 Å². The zero-order valence-corrected chi connectivity index (χ0v) is 26.0. The first-order chi connectivity index (χ1) is 18.8. The first kappa shape index (κ1) is 27.6. The lowest BCUT2D eigenvalue weighted by Crippen LogP contribution is -2.35. The van der Waals surface area contributed by atoms with Crippen molar-refractivity contribution in [3.63, 3.8) is 0 Å². The number of rotatable bonds is 3. The van der Waals surface area contributed by atoms with Crippen molar-refractivity contribution in [2.45, 2.75) is 58.7 Å². The van der Waals surface area contributed by atoms with Crippen LogP contribution in [-0.4, -0.2) is 27.2 Å². The fraction of sp³-hybridized carbons (Fsp3) is 0.324. The van der Waals surface area contributed by atoms with Crippen molar-refractivity contribution in [1.29, 1.82) is 0 Å². The number of hydrogen-bond donors (Lipinski definition) is 0. The van der Waals surface area contributed by atoms with Crippen LogP contribution in [0, 0.1) is 11.5 Å².